The minimum Gasteiger partial charge on any atom is -0.360 e. The zero-order chi connectivity index (χ0) is 9.97. The summed E-state index contributed by atoms with van der Waals surface area (Å²) in [4.78, 5) is 0.994. The number of nitrogens with one attached hydrogen (secondary N) is 1. The van der Waals surface area contributed by atoms with Gasteiger partial charge in [-0.2, -0.15) is 0 Å². The fourth-order valence-electron chi connectivity index (χ4n) is 0.984. The fraction of sp³-hybridized carbons (Fsp3) is 0.250. The zero-order valence-electron chi connectivity index (χ0n) is 7.45. The molecular formula is C8H8ClN3S2. The molecule has 1 N–H and O–H groups in total. The SMILES string of the molecule is CCNc1nnc(-c2sccc2Cl)s1. The van der Waals surface area contributed by atoms with Crippen molar-refractivity contribution >= 4 is 39.4 Å². The molecular weight excluding hydrogens is 238 g/mol. The third kappa shape index (κ3) is 1.89. The van der Waals surface area contributed by atoms with Crippen LogP contribution in [-0.4, -0.2) is 16.7 Å². The standard InChI is InChI=1S/C8H8ClN3S2/c1-2-10-8-12-11-7(14-8)6-5(9)3-4-13-6/h3-4H,2H2,1H3,(H,10,12). The van der Waals surface area contributed by atoms with Gasteiger partial charge in [0.2, 0.25) is 5.13 Å². The Morgan fingerprint density at radius 2 is 2.36 bits per heavy atom. The lowest BCUT2D eigenvalue weighted by molar-refractivity contribution is 1.07. The van der Waals surface area contributed by atoms with Crippen LogP contribution in [0.3, 0.4) is 0 Å². The molecule has 74 valence electrons. The number of thiophene rings is 1. The number of nitrogens with zero attached hydrogens (tertiary/aromatic N) is 2. The molecule has 0 aliphatic carbocycles. The van der Waals surface area contributed by atoms with Gasteiger partial charge in [-0.15, -0.1) is 21.5 Å². The second kappa shape index (κ2) is 4.25. The molecule has 0 atom stereocenters. The van der Waals surface area contributed by atoms with E-state index >= 15 is 0 Å². The Morgan fingerprint density at radius 3 is 3.00 bits per heavy atom. The number of anilines is 1. The summed E-state index contributed by atoms with van der Waals surface area (Å²) in [6.07, 6.45) is 0. The highest BCUT2D eigenvalue weighted by Gasteiger charge is 2.10. The molecule has 0 bridgehead atoms. The number of hydrogen-bond acceptors (Lipinski definition) is 5. The van der Waals surface area contributed by atoms with Crippen LogP contribution in [0.1, 0.15) is 6.92 Å². The van der Waals surface area contributed by atoms with Crippen molar-refractivity contribution in [1.29, 1.82) is 0 Å². The Bertz CT molecular complexity index is 424. The third-order valence-corrected chi connectivity index (χ3v) is 3.94. The highest BCUT2D eigenvalue weighted by Crippen LogP contribution is 2.35. The lowest BCUT2D eigenvalue weighted by atomic mass is 10.5. The highest BCUT2D eigenvalue weighted by atomic mass is 35.5. The van der Waals surface area contributed by atoms with E-state index in [-0.39, 0.29) is 0 Å². The van der Waals surface area contributed by atoms with Crippen molar-refractivity contribution in [3.05, 3.63) is 16.5 Å². The van der Waals surface area contributed by atoms with E-state index in [4.69, 9.17) is 11.6 Å². The third-order valence-electron chi connectivity index (χ3n) is 1.56. The van der Waals surface area contributed by atoms with Crippen LogP contribution >= 0.6 is 34.3 Å². The summed E-state index contributed by atoms with van der Waals surface area (Å²) >= 11 is 9.09. The molecule has 14 heavy (non-hydrogen) atoms. The second-order valence-electron chi connectivity index (χ2n) is 2.54. The van der Waals surface area contributed by atoms with Crippen molar-refractivity contribution < 1.29 is 0 Å². The summed E-state index contributed by atoms with van der Waals surface area (Å²) in [6, 6.07) is 1.87. The van der Waals surface area contributed by atoms with E-state index in [1.54, 1.807) is 11.3 Å². The van der Waals surface area contributed by atoms with Crippen molar-refractivity contribution in [2.45, 2.75) is 6.92 Å². The largest absolute Gasteiger partial charge is 0.360 e. The minimum atomic E-state index is 0.745. The molecule has 0 saturated carbocycles. The number of halogens is 1. The van der Waals surface area contributed by atoms with Gasteiger partial charge in [0.1, 0.15) is 0 Å². The summed E-state index contributed by atoms with van der Waals surface area (Å²) < 4.78 is 0. The van der Waals surface area contributed by atoms with Crippen LogP contribution in [0.2, 0.25) is 5.02 Å². The van der Waals surface area contributed by atoms with Gasteiger partial charge >= 0.3 is 0 Å². The average Bonchev–Trinajstić information content (AvgIpc) is 2.74. The molecule has 0 amide bonds. The van der Waals surface area contributed by atoms with Crippen molar-refractivity contribution in [2.24, 2.45) is 0 Å². The fourth-order valence-corrected chi connectivity index (χ4v) is 3.10. The second-order valence-corrected chi connectivity index (χ2v) is 4.84. The first-order valence-corrected chi connectivity index (χ1v) is 6.19. The molecule has 2 rings (SSSR count). The molecule has 3 nitrogen and oxygen atoms in total. The van der Waals surface area contributed by atoms with Gasteiger partial charge < -0.3 is 5.32 Å². The van der Waals surface area contributed by atoms with Gasteiger partial charge in [-0.1, -0.05) is 22.9 Å². The van der Waals surface area contributed by atoms with Gasteiger partial charge in [-0.25, -0.2) is 0 Å². The van der Waals surface area contributed by atoms with E-state index in [2.05, 4.69) is 15.5 Å². The Morgan fingerprint density at radius 1 is 1.50 bits per heavy atom. The molecule has 2 aromatic heterocycles. The summed E-state index contributed by atoms with van der Waals surface area (Å²) in [5.41, 5.74) is 0. The number of hydrogen-bond donors (Lipinski definition) is 1. The molecule has 0 aliphatic rings. The monoisotopic (exact) mass is 245 g/mol. The average molecular weight is 246 g/mol. The van der Waals surface area contributed by atoms with Crippen LogP contribution in [0.15, 0.2) is 11.4 Å². The maximum Gasteiger partial charge on any atom is 0.206 e. The summed E-state index contributed by atoms with van der Waals surface area (Å²) in [5, 5.41) is 15.6. The Hall–Kier alpha value is -0.650. The molecule has 0 radical (unpaired) electrons. The molecule has 0 spiro atoms. The van der Waals surface area contributed by atoms with E-state index in [0.29, 0.717) is 0 Å². The van der Waals surface area contributed by atoms with Crippen LogP contribution in [0.4, 0.5) is 5.13 Å². The van der Waals surface area contributed by atoms with Crippen molar-refractivity contribution in [2.75, 3.05) is 11.9 Å². The molecule has 0 unspecified atom stereocenters. The lowest BCUT2D eigenvalue weighted by Crippen LogP contribution is -1.94. The minimum absolute atomic E-state index is 0.745. The van der Waals surface area contributed by atoms with Gasteiger partial charge in [-0.05, 0) is 18.4 Å². The first-order valence-electron chi connectivity index (χ1n) is 4.12. The van der Waals surface area contributed by atoms with Gasteiger partial charge in [0.05, 0.1) is 9.90 Å². The van der Waals surface area contributed by atoms with E-state index < -0.39 is 0 Å². The van der Waals surface area contributed by atoms with E-state index in [1.807, 2.05) is 18.4 Å². The first kappa shape index (κ1) is 9.89. The predicted octanol–water partition coefficient (Wildman–Crippen LogP) is 3.35. The van der Waals surface area contributed by atoms with Gasteiger partial charge in [0, 0.05) is 6.54 Å². The Balaban J connectivity index is 2.29. The topological polar surface area (TPSA) is 37.8 Å². The molecule has 2 heterocycles. The normalized spacial score (nSPS) is 10.4. The smallest absolute Gasteiger partial charge is 0.206 e. The Labute approximate surface area is 94.8 Å². The van der Waals surface area contributed by atoms with E-state index in [1.165, 1.54) is 11.3 Å². The molecule has 0 fully saturated rings. The molecule has 2 aromatic rings. The van der Waals surface area contributed by atoms with Crippen LogP contribution in [0.25, 0.3) is 9.88 Å². The number of rotatable bonds is 3. The van der Waals surface area contributed by atoms with Gasteiger partial charge in [0.25, 0.3) is 0 Å². The Kier molecular flexibility index (Phi) is 3.00. The van der Waals surface area contributed by atoms with E-state index in [9.17, 15) is 0 Å². The van der Waals surface area contributed by atoms with Crippen molar-refractivity contribution in [3.8, 4) is 9.88 Å². The van der Waals surface area contributed by atoms with Crippen LogP contribution in [0.5, 0.6) is 0 Å². The highest BCUT2D eigenvalue weighted by molar-refractivity contribution is 7.23. The van der Waals surface area contributed by atoms with Crippen LogP contribution < -0.4 is 5.32 Å². The predicted molar refractivity (Wildman–Crippen MR) is 62.4 cm³/mol. The van der Waals surface area contributed by atoms with Crippen molar-refractivity contribution in [3.63, 3.8) is 0 Å². The quantitative estimate of drug-likeness (QED) is 0.901. The maximum absolute atomic E-state index is 5.99. The zero-order valence-corrected chi connectivity index (χ0v) is 9.84. The van der Waals surface area contributed by atoms with Gasteiger partial charge in [-0.3, -0.25) is 0 Å². The van der Waals surface area contributed by atoms with Crippen molar-refractivity contribution in [1.82, 2.24) is 10.2 Å². The summed E-state index contributed by atoms with van der Waals surface area (Å²) in [6.45, 7) is 2.88. The molecule has 6 heteroatoms. The lowest BCUT2D eigenvalue weighted by Gasteiger charge is -1.91. The molecule has 0 saturated heterocycles. The molecule has 0 aromatic carbocycles. The van der Waals surface area contributed by atoms with Crippen LogP contribution in [0, 0.1) is 0 Å². The first-order chi connectivity index (χ1) is 6.81. The van der Waals surface area contributed by atoms with Gasteiger partial charge in [0.15, 0.2) is 5.01 Å². The van der Waals surface area contributed by atoms with E-state index in [0.717, 1.165) is 26.6 Å². The maximum atomic E-state index is 5.99. The number of aromatic nitrogens is 2. The summed E-state index contributed by atoms with van der Waals surface area (Å²) in [7, 11) is 0. The summed E-state index contributed by atoms with van der Waals surface area (Å²) in [5.74, 6) is 0. The molecule has 0 aliphatic heterocycles. The van der Waals surface area contributed by atoms with Crippen LogP contribution in [-0.2, 0) is 0 Å².